The van der Waals surface area contributed by atoms with Crippen LogP contribution in [0.4, 0.5) is 0 Å². The van der Waals surface area contributed by atoms with Crippen LogP contribution >= 0.6 is 22.3 Å². The molecule has 1 saturated carbocycles. The van der Waals surface area contributed by atoms with Gasteiger partial charge >= 0.3 is 5.97 Å². The van der Waals surface area contributed by atoms with Gasteiger partial charge in [-0.25, -0.2) is 13.2 Å². The molecular formula is C12H12Cl2O5S. The highest BCUT2D eigenvalue weighted by Gasteiger charge is 2.28. The second kappa shape index (κ2) is 5.79. The fourth-order valence-electron chi connectivity index (χ4n) is 1.82. The van der Waals surface area contributed by atoms with E-state index in [0.29, 0.717) is 0 Å². The van der Waals surface area contributed by atoms with Crippen molar-refractivity contribution < 1.29 is 22.7 Å². The van der Waals surface area contributed by atoms with Crippen LogP contribution in [0.1, 0.15) is 29.6 Å². The van der Waals surface area contributed by atoms with Gasteiger partial charge in [0.25, 0.3) is 9.05 Å². The largest absolute Gasteiger partial charge is 0.494 e. The number of ether oxygens (including phenoxy) is 2. The summed E-state index contributed by atoms with van der Waals surface area (Å²) in [5.74, 6) is -0.829. The van der Waals surface area contributed by atoms with E-state index in [9.17, 15) is 13.2 Å². The molecule has 1 aromatic carbocycles. The van der Waals surface area contributed by atoms with Crippen LogP contribution in [0.3, 0.4) is 0 Å². The van der Waals surface area contributed by atoms with Gasteiger partial charge in [-0.05, 0) is 31.4 Å². The van der Waals surface area contributed by atoms with Gasteiger partial charge in [0.15, 0.2) is 5.75 Å². The molecule has 8 heteroatoms. The van der Waals surface area contributed by atoms with Gasteiger partial charge in [0.05, 0.1) is 7.11 Å². The number of methoxy groups -OCH3 is 1. The first-order valence-corrected chi connectivity index (χ1v) is 8.55. The van der Waals surface area contributed by atoms with Crippen LogP contribution < -0.4 is 4.74 Å². The molecule has 5 nitrogen and oxygen atoms in total. The van der Waals surface area contributed by atoms with E-state index in [0.717, 1.165) is 25.3 Å². The van der Waals surface area contributed by atoms with Crippen LogP contribution in [-0.4, -0.2) is 27.6 Å². The summed E-state index contributed by atoms with van der Waals surface area (Å²) >= 11 is 5.83. The zero-order chi connectivity index (χ0) is 14.9. The summed E-state index contributed by atoms with van der Waals surface area (Å²) in [5, 5.41) is 0.0607. The van der Waals surface area contributed by atoms with Crippen molar-refractivity contribution in [3.63, 3.8) is 0 Å². The number of carbonyl (C=O) groups excluding carboxylic acids is 1. The topological polar surface area (TPSA) is 69.7 Å². The number of esters is 1. The second-order valence-corrected chi connectivity index (χ2v) is 7.35. The van der Waals surface area contributed by atoms with Crippen molar-refractivity contribution in [2.75, 3.05) is 7.11 Å². The van der Waals surface area contributed by atoms with Gasteiger partial charge < -0.3 is 9.47 Å². The van der Waals surface area contributed by atoms with Crippen molar-refractivity contribution in [2.24, 2.45) is 0 Å². The van der Waals surface area contributed by atoms with E-state index < -0.39 is 15.0 Å². The molecular weight excluding hydrogens is 327 g/mol. The fraction of sp³-hybridized carbons (Fsp3) is 0.417. The predicted octanol–water partition coefficient (Wildman–Crippen LogP) is 2.99. The lowest BCUT2D eigenvalue weighted by Crippen LogP contribution is -2.25. The lowest BCUT2D eigenvalue weighted by molar-refractivity contribution is 0.00867. The van der Waals surface area contributed by atoms with Crippen molar-refractivity contribution in [3.8, 4) is 5.75 Å². The molecule has 0 atom stereocenters. The van der Waals surface area contributed by atoms with E-state index >= 15 is 0 Å². The van der Waals surface area contributed by atoms with Gasteiger partial charge in [0, 0.05) is 15.7 Å². The molecule has 0 saturated heterocycles. The Hall–Kier alpha value is -0.980. The lowest BCUT2D eigenvalue weighted by Gasteiger charge is -2.25. The van der Waals surface area contributed by atoms with Crippen LogP contribution in [0.2, 0.25) is 5.02 Å². The molecule has 0 aromatic heterocycles. The molecule has 0 radical (unpaired) electrons. The van der Waals surface area contributed by atoms with E-state index in [2.05, 4.69) is 0 Å². The molecule has 0 bridgehead atoms. The monoisotopic (exact) mass is 338 g/mol. The number of benzene rings is 1. The molecule has 1 fully saturated rings. The smallest absolute Gasteiger partial charge is 0.342 e. The molecule has 0 heterocycles. The highest BCUT2D eigenvalue weighted by atomic mass is 35.7. The molecule has 0 amide bonds. The Bertz CT molecular complexity index is 637. The minimum absolute atomic E-state index is 0.0499. The minimum Gasteiger partial charge on any atom is -0.494 e. The van der Waals surface area contributed by atoms with Crippen molar-refractivity contribution in [2.45, 2.75) is 30.3 Å². The van der Waals surface area contributed by atoms with Gasteiger partial charge in [0.2, 0.25) is 0 Å². The zero-order valence-electron chi connectivity index (χ0n) is 10.6. The Kier molecular flexibility index (Phi) is 4.46. The molecule has 20 heavy (non-hydrogen) atoms. The van der Waals surface area contributed by atoms with Gasteiger partial charge in [-0.15, -0.1) is 0 Å². The second-order valence-electron chi connectivity index (χ2n) is 4.38. The predicted molar refractivity (Wildman–Crippen MR) is 74.1 cm³/mol. The van der Waals surface area contributed by atoms with Gasteiger partial charge in [0.1, 0.15) is 16.6 Å². The SMILES string of the molecule is COc1c(C(=O)OC2CCC2)cc(Cl)cc1S(=O)(=O)Cl. The maximum absolute atomic E-state index is 12.1. The van der Waals surface area contributed by atoms with Gasteiger partial charge in [-0.2, -0.15) is 0 Å². The van der Waals surface area contributed by atoms with Gasteiger partial charge in [-0.1, -0.05) is 11.6 Å². The van der Waals surface area contributed by atoms with Crippen LogP contribution in [-0.2, 0) is 13.8 Å². The van der Waals surface area contributed by atoms with E-state index in [1.54, 1.807) is 0 Å². The molecule has 0 N–H and O–H groups in total. The number of halogens is 2. The molecule has 0 spiro atoms. The van der Waals surface area contributed by atoms with Crippen LogP contribution in [0.25, 0.3) is 0 Å². The van der Waals surface area contributed by atoms with E-state index in [1.165, 1.54) is 13.2 Å². The summed E-state index contributed by atoms with van der Waals surface area (Å²) < 4.78 is 33.2. The Morgan fingerprint density at radius 1 is 1.35 bits per heavy atom. The van der Waals surface area contributed by atoms with Crippen molar-refractivity contribution >= 4 is 37.3 Å². The zero-order valence-corrected chi connectivity index (χ0v) is 12.9. The first-order valence-electron chi connectivity index (χ1n) is 5.86. The van der Waals surface area contributed by atoms with Crippen molar-refractivity contribution in [3.05, 3.63) is 22.7 Å². The molecule has 0 aliphatic heterocycles. The van der Waals surface area contributed by atoms with E-state index in [4.69, 9.17) is 31.8 Å². The minimum atomic E-state index is -4.09. The molecule has 2 rings (SSSR count). The summed E-state index contributed by atoms with van der Waals surface area (Å²) in [4.78, 5) is 11.7. The molecule has 0 unspecified atom stereocenters. The Morgan fingerprint density at radius 3 is 2.45 bits per heavy atom. The molecule has 1 aromatic rings. The summed E-state index contributed by atoms with van der Waals surface area (Å²) in [5.41, 5.74) is -0.0499. The summed E-state index contributed by atoms with van der Waals surface area (Å²) in [6.07, 6.45) is 2.47. The third kappa shape index (κ3) is 3.19. The third-order valence-electron chi connectivity index (χ3n) is 3.03. The van der Waals surface area contributed by atoms with Crippen LogP contribution in [0.5, 0.6) is 5.75 Å². The summed E-state index contributed by atoms with van der Waals surface area (Å²) in [7, 11) is 2.47. The van der Waals surface area contributed by atoms with Crippen molar-refractivity contribution in [1.82, 2.24) is 0 Å². The summed E-state index contributed by atoms with van der Waals surface area (Å²) in [6, 6.07) is 2.43. The quantitative estimate of drug-likeness (QED) is 0.623. The summed E-state index contributed by atoms with van der Waals surface area (Å²) in [6.45, 7) is 0. The molecule has 110 valence electrons. The highest BCUT2D eigenvalue weighted by Crippen LogP contribution is 2.35. The maximum atomic E-state index is 12.1. The number of hydrogen-bond acceptors (Lipinski definition) is 5. The maximum Gasteiger partial charge on any atom is 0.342 e. The lowest BCUT2D eigenvalue weighted by atomic mass is 9.96. The third-order valence-corrected chi connectivity index (χ3v) is 4.58. The average Bonchev–Trinajstić information content (AvgIpc) is 2.31. The average molecular weight is 339 g/mol. The molecule has 1 aliphatic carbocycles. The first kappa shape index (κ1) is 15.4. The van der Waals surface area contributed by atoms with Crippen LogP contribution in [0, 0.1) is 0 Å². The molecule has 1 aliphatic rings. The first-order chi connectivity index (χ1) is 9.32. The number of carbonyl (C=O) groups is 1. The Labute approximate surface area is 126 Å². The fourth-order valence-corrected chi connectivity index (χ4v) is 3.12. The van der Waals surface area contributed by atoms with E-state index in [-0.39, 0.29) is 27.3 Å². The van der Waals surface area contributed by atoms with E-state index in [1.807, 2.05) is 0 Å². The number of hydrogen-bond donors (Lipinski definition) is 0. The van der Waals surface area contributed by atoms with Gasteiger partial charge in [-0.3, -0.25) is 0 Å². The number of rotatable bonds is 4. The Balaban J connectivity index is 2.45. The Morgan fingerprint density at radius 2 is 2.00 bits per heavy atom. The van der Waals surface area contributed by atoms with Crippen LogP contribution in [0.15, 0.2) is 17.0 Å². The normalized spacial score (nSPS) is 15.6. The standard InChI is InChI=1S/C12H12Cl2O5S/c1-18-11-9(12(15)19-8-3-2-4-8)5-7(13)6-10(11)20(14,16)17/h5-6,8H,2-4H2,1H3. The van der Waals surface area contributed by atoms with Crippen molar-refractivity contribution in [1.29, 1.82) is 0 Å². The highest BCUT2D eigenvalue weighted by molar-refractivity contribution is 8.13.